The fraction of sp³-hybridized carbons (Fsp3) is 0.286. The van der Waals surface area contributed by atoms with Gasteiger partial charge in [-0.2, -0.15) is 0 Å². The maximum Gasteiger partial charge on any atom is 0.254 e. The highest BCUT2D eigenvalue weighted by molar-refractivity contribution is 5.95. The molecule has 5 heteroatoms. The molecule has 0 aliphatic carbocycles. The van der Waals surface area contributed by atoms with Crippen LogP contribution in [0.15, 0.2) is 42.5 Å². The highest BCUT2D eigenvalue weighted by atomic mass is 16.5. The second kappa shape index (κ2) is 6.41. The lowest BCUT2D eigenvalue weighted by molar-refractivity contribution is 0.0730. The van der Waals surface area contributed by atoms with Crippen molar-refractivity contribution in [1.82, 2.24) is 9.47 Å². The monoisotopic (exact) mass is 350 g/mol. The van der Waals surface area contributed by atoms with Crippen molar-refractivity contribution in [1.29, 1.82) is 0 Å². The molecule has 1 amide bonds. The summed E-state index contributed by atoms with van der Waals surface area (Å²) in [7, 11) is 5.24. The number of aromatic nitrogens is 1. The van der Waals surface area contributed by atoms with Crippen LogP contribution in [0.3, 0.4) is 0 Å². The minimum absolute atomic E-state index is 0.0156. The van der Waals surface area contributed by atoms with E-state index in [9.17, 15) is 4.79 Å². The van der Waals surface area contributed by atoms with Gasteiger partial charge in [0.2, 0.25) is 0 Å². The van der Waals surface area contributed by atoms with E-state index in [4.69, 9.17) is 9.47 Å². The second-order valence-electron chi connectivity index (χ2n) is 6.55. The summed E-state index contributed by atoms with van der Waals surface area (Å²) < 4.78 is 12.8. The van der Waals surface area contributed by atoms with Gasteiger partial charge in [0.25, 0.3) is 5.91 Å². The minimum Gasteiger partial charge on any atom is -0.493 e. The largest absolute Gasteiger partial charge is 0.493 e. The predicted molar refractivity (Wildman–Crippen MR) is 101 cm³/mol. The number of para-hydroxylation sites is 1. The van der Waals surface area contributed by atoms with E-state index >= 15 is 0 Å². The van der Waals surface area contributed by atoms with Gasteiger partial charge in [0.05, 0.1) is 20.8 Å². The second-order valence-corrected chi connectivity index (χ2v) is 6.55. The standard InChI is InChI=1S/C21H22N2O3/c1-22-17-7-5-4-6-15(17)16-10-11-23(13-18(16)22)21(24)14-8-9-19(25-2)20(12-14)26-3/h4-9,12H,10-11,13H2,1-3H3. The molecule has 0 saturated heterocycles. The Kier molecular flexibility index (Phi) is 4.07. The number of fused-ring (bicyclic) bond motifs is 3. The van der Waals surface area contributed by atoms with Crippen LogP contribution in [0.2, 0.25) is 0 Å². The van der Waals surface area contributed by atoms with Crippen LogP contribution < -0.4 is 9.47 Å². The van der Waals surface area contributed by atoms with E-state index in [2.05, 4.69) is 35.9 Å². The van der Waals surface area contributed by atoms with E-state index in [0.29, 0.717) is 30.2 Å². The first-order valence-corrected chi connectivity index (χ1v) is 8.70. The van der Waals surface area contributed by atoms with Crippen LogP contribution in [-0.2, 0) is 20.0 Å². The molecule has 0 atom stereocenters. The fourth-order valence-corrected chi connectivity index (χ4v) is 3.84. The Bertz CT molecular complexity index is 990. The third-order valence-corrected chi connectivity index (χ3v) is 5.23. The minimum atomic E-state index is 0.0156. The molecule has 1 aliphatic heterocycles. The molecular weight excluding hydrogens is 328 g/mol. The van der Waals surface area contributed by atoms with E-state index in [1.54, 1.807) is 32.4 Å². The van der Waals surface area contributed by atoms with Gasteiger partial charge >= 0.3 is 0 Å². The Morgan fingerprint density at radius 2 is 1.81 bits per heavy atom. The number of amides is 1. The Hall–Kier alpha value is -2.95. The molecule has 0 bridgehead atoms. The molecule has 0 saturated carbocycles. The molecule has 26 heavy (non-hydrogen) atoms. The van der Waals surface area contributed by atoms with Gasteiger partial charge in [0, 0.05) is 35.8 Å². The zero-order chi connectivity index (χ0) is 18.3. The van der Waals surface area contributed by atoms with Crippen molar-refractivity contribution < 1.29 is 14.3 Å². The molecule has 2 aromatic carbocycles. The average molecular weight is 350 g/mol. The van der Waals surface area contributed by atoms with Gasteiger partial charge in [-0.1, -0.05) is 18.2 Å². The summed E-state index contributed by atoms with van der Waals surface area (Å²) in [5.74, 6) is 1.21. The van der Waals surface area contributed by atoms with Crippen LogP contribution in [0.5, 0.6) is 11.5 Å². The van der Waals surface area contributed by atoms with Gasteiger partial charge in [-0.25, -0.2) is 0 Å². The lowest BCUT2D eigenvalue weighted by Gasteiger charge is -2.28. The van der Waals surface area contributed by atoms with Crippen LogP contribution in [0.4, 0.5) is 0 Å². The molecule has 0 radical (unpaired) electrons. The first-order valence-electron chi connectivity index (χ1n) is 8.70. The molecule has 0 unspecified atom stereocenters. The molecule has 0 fully saturated rings. The zero-order valence-electron chi connectivity index (χ0n) is 15.3. The first kappa shape index (κ1) is 16.5. The number of carbonyl (C=O) groups excluding carboxylic acids is 1. The number of ether oxygens (including phenoxy) is 2. The number of nitrogens with zero attached hydrogens (tertiary/aromatic N) is 2. The van der Waals surface area contributed by atoms with Crippen LogP contribution in [0.1, 0.15) is 21.6 Å². The van der Waals surface area contributed by atoms with Gasteiger partial charge in [-0.3, -0.25) is 4.79 Å². The highest BCUT2D eigenvalue weighted by Crippen LogP contribution is 2.32. The summed E-state index contributed by atoms with van der Waals surface area (Å²) in [6.07, 6.45) is 0.871. The number of carbonyl (C=O) groups is 1. The Labute approximate surface area is 152 Å². The predicted octanol–water partition coefficient (Wildman–Crippen LogP) is 3.39. The topological polar surface area (TPSA) is 43.7 Å². The lowest BCUT2D eigenvalue weighted by Crippen LogP contribution is -2.36. The van der Waals surface area contributed by atoms with Crippen molar-refractivity contribution in [2.75, 3.05) is 20.8 Å². The van der Waals surface area contributed by atoms with Gasteiger partial charge in [-0.05, 0) is 36.2 Å². The number of hydrogen-bond acceptors (Lipinski definition) is 3. The summed E-state index contributed by atoms with van der Waals surface area (Å²) in [5.41, 5.74) is 4.41. The molecule has 0 N–H and O–H groups in total. The van der Waals surface area contributed by atoms with Gasteiger partial charge in [0.15, 0.2) is 11.5 Å². The van der Waals surface area contributed by atoms with Gasteiger partial charge in [-0.15, -0.1) is 0 Å². The van der Waals surface area contributed by atoms with Gasteiger partial charge < -0.3 is 18.9 Å². The molecule has 134 valence electrons. The van der Waals surface area contributed by atoms with Crippen molar-refractivity contribution in [2.24, 2.45) is 7.05 Å². The van der Waals surface area contributed by atoms with E-state index in [-0.39, 0.29) is 5.91 Å². The smallest absolute Gasteiger partial charge is 0.254 e. The van der Waals surface area contributed by atoms with Crippen molar-refractivity contribution >= 4 is 16.8 Å². The van der Waals surface area contributed by atoms with Gasteiger partial charge in [0.1, 0.15) is 0 Å². The van der Waals surface area contributed by atoms with E-state index < -0.39 is 0 Å². The molecule has 5 nitrogen and oxygen atoms in total. The van der Waals surface area contributed by atoms with E-state index in [0.717, 1.165) is 6.42 Å². The number of hydrogen-bond donors (Lipinski definition) is 0. The summed E-state index contributed by atoms with van der Waals surface area (Å²) in [5, 5.41) is 1.29. The summed E-state index contributed by atoms with van der Waals surface area (Å²) in [4.78, 5) is 14.9. The molecule has 1 aromatic heterocycles. The molecule has 0 spiro atoms. The lowest BCUT2D eigenvalue weighted by atomic mass is 10.0. The molecule has 4 rings (SSSR count). The molecule has 2 heterocycles. The number of benzene rings is 2. The Morgan fingerprint density at radius 1 is 1.04 bits per heavy atom. The number of aryl methyl sites for hydroxylation is 1. The molecule has 1 aliphatic rings. The Morgan fingerprint density at radius 3 is 2.58 bits per heavy atom. The van der Waals surface area contributed by atoms with E-state index in [1.165, 1.54) is 22.2 Å². The third-order valence-electron chi connectivity index (χ3n) is 5.23. The van der Waals surface area contributed by atoms with Crippen LogP contribution in [0, 0.1) is 0 Å². The highest BCUT2D eigenvalue weighted by Gasteiger charge is 2.26. The van der Waals surface area contributed by atoms with Crippen molar-refractivity contribution in [3.63, 3.8) is 0 Å². The number of methoxy groups -OCH3 is 2. The normalized spacial score (nSPS) is 13.6. The fourth-order valence-electron chi connectivity index (χ4n) is 3.84. The van der Waals surface area contributed by atoms with Crippen molar-refractivity contribution in [3.05, 3.63) is 59.3 Å². The van der Waals surface area contributed by atoms with Crippen LogP contribution in [0.25, 0.3) is 10.9 Å². The quantitative estimate of drug-likeness (QED) is 0.727. The average Bonchev–Trinajstić information content (AvgIpc) is 2.99. The van der Waals surface area contributed by atoms with E-state index in [1.807, 2.05) is 4.90 Å². The van der Waals surface area contributed by atoms with Crippen LogP contribution >= 0.6 is 0 Å². The third kappa shape index (κ3) is 2.51. The SMILES string of the molecule is COc1ccc(C(=O)N2CCc3c(n(C)c4ccccc34)C2)cc1OC. The maximum atomic E-state index is 13.0. The van der Waals surface area contributed by atoms with Crippen molar-refractivity contribution in [2.45, 2.75) is 13.0 Å². The number of rotatable bonds is 3. The molecule has 3 aromatic rings. The zero-order valence-corrected chi connectivity index (χ0v) is 15.3. The molecular formula is C21H22N2O3. The maximum absolute atomic E-state index is 13.0. The summed E-state index contributed by atoms with van der Waals surface area (Å²) in [6, 6.07) is 13.7. The first-order chi connectivity index (χ1) is 12.6. The summed E-state index contributed by atoms with van der Waals surface area (Å²) in [6.45, 7) is 1.34. The van der Waals surface area contributed by atoms with Crippen LogP contribution in [-0.4, -0.2) is 36.1 Å². The Balaban J connectivity index is 1.66. The summed E-state index contributed by atoms with van der Waals surface area (Å²) >= 11 is 0. The van der Waals surface area contributed by atoms with Crippen molar-refractivity contribution in [3.8, 4) is 11.5 Å².